The molecule has 0 aromatic carbocycles. The highest BCUT2D eigenvalue weighted by Crippen LogP contribution is 2.10. The minimum absolute atomic E-state index is 0.199. The maximum Gasteiger partial charge on any atom is 0.266 e. The van der Waals surface area contributed by atoms with Crippen molar-refractivity contribution in [2.45, 2.75) is 26.3 Å². The lowest BCUT2D eigenvalue weighted by Gasteiger charge is -2.14. The molecule has 1 unspecified atom stereocenters. The number of rotatable bonds is 8. The average molecular weight is 242 g/mol. The van der Waals surface area contributed by atoms with Crippen LogP contribution in [0.2, 0.25) is 0 Å². The maximum absolute atomic E-state index is 5.23. The number of likely N-dealkylation sites (N-methyl/N-ethyl adjacent to an activating group) is 1. The Morgan fingerprint density at radius 2 is 2.12 bits per heavy atom. The first-order valence-corrected chi connectivity index (χ1v) is 5.98. The summed E-state index contributed by atoms with van der Waals surface area (Å²) in [7, 11) is 3.57. The Balaban J connectivity index is 2.60. The normalized spacial score (nSPS) is 12.7. The number of nitrogens with zero attached hydrogens (tertiary/aromatic N) is 3. The molecule has 0 spiro atoms. The third-order valence-electron chi connectivity index (χ3n) is 2.70. The Kier molecular flexibility index (Phi) is 5.93. The van der Waals surface area contributed by atoms with Crippen LogP contribution in [0.5, 0.6) is 0 Å². The van der Waals surface area contributed by atoms with Crippen molar-refractivity contribution in [1.82, 2.24) is 15.5 Å². The van der Waals surface area contributed by atoms with Crippen molar-refractivity contribution in [1.29, 1.82) is 0 Å². The summed E-state index contributed by atoms with van der Waals surface area (Å²) in [5, 5.41) is 7.13. The van der Waals surface area contributed by atoms with E-state index in [0.717, 1.165) is 13.1 Å². The van der Waals surface area contributed by atoms with Crippen LogP contribution in [0.25, 0.3) is 0 Å². The first kappa shape index (κ1) is 13.9. The molecule has 0 bridgehead atoms. The standard InChI is InChI=1S/C11H22N4O2/c1-5-15(6-2)11-13-10(17-14-11)7-9(12-3)8-16-4/h9,12H,5-8H2,1-4H3. The summed E-state index contributed by atoms with van der Waals surface area (Å²) in [6.45, 7) is 6.52. The van der Waals surface area contributed by atoms with E-state index in [-0.39, 0.29) is 6.04 Å². The zero-order valence-electron chi connectivity index (χ0n) is 11.1. The van der Waals surface area contributed by atoms with Crippen molar-refractivity contribution in [3.8, 4) is 0 Å². The lowest BCUT2D eigenvalue weighted by atomic mass is 10.2. The summed E-state index contributed by atoms with van der Waals surface area (Å²) in [4.78, 5) is 6.43. The predicted octanol–water partition coefficient (Wildman–Crippen LogP) is 0.693. The van der Waals surface area contributed by atoms with E-state index >= 15 is 0 Å². The summed E-state index contributed by atoms with van der Waals surface area (Å²) in [6.07, 6.45) is 0.679. The second-order valence-corrected chi connectivity index (χ2v) is 3.81. The van der Waals surface area contributed by atoms with Gasteiger partial charge in [0.2, 0.25) is 5.89 Å². The van der Waals surface area contributed by atoms with Crippen LogP contribution in [0.3, 0.4) is 0 Å². The van der Waals surface area contributed by atoms with E-state index in [1.807, 2.05) is 7.05 Å². The second kappa shape index (κ2) is 7.24. The molecule has 0 amide bonds. The van der Waals surface area contributed by atoms with Crippen molar-refractivity contribution >= 4 is 5.95 Å². The Hall–Kier alpha value is -1.14. The highest BCUT2D eigenvalue weighted by molar-refractivity contribution is 5.26. The van der Waals surface area contributed by atoms with Gasteiger partial charge in [0.05, 0.1) is 6.61 Å². The van der Waals surface area contributed by atoms with E-state index in [2.05, 4.69) is 34.2 Å². The van der Waals surface area contributed by atoms with Crippen LogP contribution >= 0.6 is 0 Å². The van der Waals surface area contributed by atoms with Crippen molar-refractivity contribution in [3.63, 3.8) is 0 Å². The maximum atomic E-state index is 5.23. The van der Waals surface area contributed by atoms with Crippen molar-refractivity contribution in [3.05, 3.63) is 5.89 Å². The van der Waals surface area contributed by atoms with Crippen LogP contribution in [-0.4, -0.2) is 50.0 Å². The van der Waals surface area contributed by atoms with Crippen molar-refractivity contribution in [2.75, 3.05) is 38.8 Å². The molecule has 0 fully saturated rings. The number of hydrogen-bond donors (Lipinski definition) is 1. The first-order chi connectivity index (χ1) is 8.24. The summed E-state index contributed by atoms with van der Waals surface area (Å²) >= 11 is 0. The Bertz CT molecular complexity index is 312. The molecule has 0 aliphatic rings. The van der Waals surface area contributed by atoms with E-state index in [1.165, 1.54) is 0 Å². The molecule has 0 radical (unpaired) electrons. The lowest BCUT2D eigenvalue weighted by molar-refractivity contribution is 0.165. The smallest absolute Gasteiger partial charge is 0.266 e. The van der Waals surface area contributed by atoms with E-state index in [0.29, 0.717) is 24.9 Å². The molecule has 17 heavy (non-hydrogen) atoms. The SMILES string of the molecule is CCN(CC)c1noc(CC(COC)NC)n1. The molecule has 6 nitrogen and oxygen atoms in total. The lowest BCUT2D eigenvalue weighted by Crippen LogP contribution is -2.32. The van der Waals surface area contributed by atoms with Crippen LogP contribution in [-0.2, 0) is 11.2 Å². The first-order valence-electron chi connectivity index (χ1n) is 5.98. The quantitative estimate of drug-likeness (QED) is 0.723. The van der Waals surface area contributed by atoms with Gasteiger partial charge in [0, 0.05) is 32.7 Å². The van der Waals surface area contributed by atoms with Gasteiger partial charge in [0.25, 0.3) is 5.95 Å². The minimum Gasteiger partial charge on any atom is -0.383 e. The van der Waals surface area contributed by atoms with Gasteiger partial charge in [-0.15, -0.1) is 0 Å². The number of nitrogens with one attached hydrogen (secondary N) is 1. The Morgan fingerprint density at radius 3 is 2.65 bits per heavy atom. The molecule has 1 N–H and O–H groups in total. The van der Waals surface area contributed by atoms with Gasteiger partial charge in [-0.1, -0.05) is 0 Å². The third-order valence-corrected chi connectivity index (χ3v) is 2.70. The van der Waals surface area contributed by atoms with Gasteiger partial charge in [-0.2, -0.15) is 4.98 Å². The largest absolute Gasteiger partial charge is 0.383 e. The molecular formula is C11H22N4O2. The molecule has 6 heteroatoms. The summed E-state index contributed by atoms with van der Waals surface area (Å²) < 4.78 is 10.3. The fraction of sp³-hybridized carbons (Fsp3) is 0.818. The molecular weight excluding hydrogens is 220 g/mol. The van der Waals surface area contributed by atoms with E-state index in [4.69, 9.17) is 9.26 Å². The second-order valence-electron chi connectivity index (χ2n) is 3.81. The summed E-state index contributed by atoms with van der Waals surface area (Å²) in [5.41, 5.74) is 0. The molecule has 1 atom stereocenters. The van der Waals surface area contributed by atoms with Gasteiger partial charge in [0.15, 0.2) is 0 Å². The third kappa shape index (κ3) is 3.98. The van der Waals surface area contributed by atoms with E-state index in [1.54, 1.807) is 7.11 Å². The van der Waals surface area contributed by atoms with Gasteiger partial charge in [0.1, 0.15) is 0 Å². The summed E-state index contributed by atoms with van der Waals surface area (Å²) in [6, 6.07) is 0.199. The number of methoxy groups -OCH3 is 1. The Labute approximate surface area is 102 Å². The molecule has 0 saturated heterocycles. The molecule has 1 aromatic heterocycles. The van der Waals surface area contributed by atoms with Gasteiger partial charge >= 0.3 is 0 Å². The number of anilines is 1. The molecule has 1 heterocycles. The minimum atomic E-state index is 0.199. The molecule has 98 valence electrons. The van der Waals surface area contributed by atoms with Gasteiger partial charge in [-0.3, -0.25) is 0 Å². The molecule has 1 aromatic rings. The monoisotopic (exact) mass is 242 g/mol. The van der Waals surface area contributed by atoms with Crippen LogP contribution in [0.15, 0.2) is 4.52 Å². The van der Waals surface area contributed by atoms with Crippen LogP contribution in [0, 0.1) is 0 Å². The van der Waals surface area contributed by atoms with Gasteiger partial charge in [-0.25, -0.2) is 0 Å². The van der Waals surface area contributed by atoms with Crippen molar-refractivity contribution < 1.29 is 9.26 Å². The van der Waals surface area contributed by atoms with E-state index in [9.17, 15) is 0 Å². The molecule has 0 saturated carbocycles. The highest BCUT2D eigenvalue weighted by Gasteiger charge is 2.15. The fourth-order valence-corrected chi connectivity index (χ4v) is 1.62. The van der Waals surface area contributed by atoms with Crippen LogP contribution in [0.1, 0.15) is 19.7 Å². The zero-order chi connectivity index (χ0) is 12.7. The molecule has 0 aliphatic heterocycles. The molecule has 0 aliphatic carbocycles. The topological polar surface area (TPSA) is 63.4 Å². The van der Waals surface area contributed by atoms with Crippen molar-refractivity contribution in [2.24, 2.45) is 0 Å². The summed E-state index contributed by atoms with van der Waals surface area (Å²) in [5.74, 6) is 1.31. The number of ether oxygens (including phenoxy) is 1. The predicted molar refractivity (Wildman–Crippen MR) is 66.3 cm³/mol. The fourth-order valence-electron chi connectivity index (χ4n) is 1.62. The van der Waals surface area contributed by atoms with Gasteiger partial charge in [-0.05, 0) is 26.1 Å². The number of hydrogen-bond acceptors (Lipinski definition) is 6. The average Bonchev–Trinajstić information content (AvgIpc) is 2.79. The molecule has 1 rings (SSSR count). The number of aromatic nitrogens is 2. The Morgan fingerprint density at radius 1 is 1.41 bits per heavy atom. The van der Waals surface area contributed by atoms with Gasteiger partial charge < -0.3 is 19.5 Å². The van der Waals surface area contributed by atoms with Crippen LogP contribution in [0.4, 0.5) is 5.95 Å². The highest BCUT2D eigenvalue weighted by atomic mass is 16.5. The van der Waals surface area contributed by atoms with Crippen LogP contribution < -0.4 is 10.2 Å². The van der Waals surface area contributed by atoms with E-state index < -0.39 is 0 Å². The zero-order valence-corrected chi connectivity index (χ0v) is 11.1.